The van der Waals surface area contributed by atoms with Gasteiger partial charge in [0.05, 0.1) is 5.69 Å². The van der Waals surface area contributed by atoms with Crippen LogP contribution in [0.5, 0.6) is 11.5 Å². The Labute approximate surface area is 153 Å². The van der Waals surface area contributed by atoms with Gasteiger partial charge in [-0.3, -0.25) is 14.2 Å². The summed E-state index contributed by atoms with van der Waals surface area (Å²) < 4.78 is 17.1. The average molecular weight is 370 g/mol. The van der Waals surface area contributed by atoms with Gasteiger partial charge in [0.1, 0.15) is 17.3 Å². The highest BCUT2D eigenvalue weighted by Gasteiger charge is 2.25. The molecule has 1 aliphatic rings. The number of carbonyl (C=O) groups is 1. The first kappa shape index (κ1) is 17.1. The van der Waals surface area contributed by atoms with Crippen molar-refractivity contribution in [2.75, 3.05) is 12.1 Å². The molecule has 1 aromatic carbocycles. The Morgan fingerprint density at radius 3 is 2.85 bits per heavy atom. The lowest BCUT2D eigenvalue weighted by Crippen LogP contribution is -2.35. The van der Waals surface area contributed by atoms with Crippen LogP contribution < -0.4 is 20.3 Å². The summed E-state index contributed by atoms with van der Waals surface area (Å²) in [5.41, 5.74) is 0.840. The summed E-state index contributed by atoms with van der Waals surface area (Å²) in [6, 6.07) is 4.41. The minimum atomic E-state index is -0.728. The van der Waals surface area contributed by atoms with E-state index in [1.165, 1.54) is 4.57 Å². The van der Waals surface area contributed by atoms with Gasteiger partial charge in [0.15, 0.2) is 11.5 Å². The van der Waals surface area contributed by atoms with Crippen molar-refractivity contribution in [3.05, 3.63) is 40.1 Å². The molecule has 1 N–H and O–H groups in total. The zero-order valence-corrected chi connectivity index (χ0v) is 15.1. The summed E-state index contributed by atoms with van der Waals surface area (Å²) in [5, 5.41) is 6.91. The van der Waals surface area contributed by atoms with E-state index in [0.717, 1.165) is 0 Å². The van der Waals surface area contributed by atoms with Crippen LogP contribution in [-0.4, -0.2) is 27.4 Å². The molecule has 0 radical (unpaired) electrons. The first-order valence-corrected chi connectivity index (χ1v) is 8.55. The summed E-state index contributed by atoms with van der Waals surface area (Å²) in [5.74, 6) is 1.26. The SMILES string of the molecule is CC[C@@H](C(=O)Nc1ccc2c(c1)OCO2)n1c(C)nc2onc(C)c2c1=O. The van der Waals surface area contributed by atoms with Gasteiger partial charge in [-0.1, -0.05) is 12.1 Å². The normalized spacial score (nSPS) is 13.7. The Kier molecular flexibility index (Phi) is 4.06. The number of aromatic nitrogens is 3. The van der Waals surface area contributed by atoms with Crippen LogP contribution >= 0.6 is 0 Å². The maximum Gasteiger partial charge on any atom is 0.267 e. The largest absolute Gasteiger partial charge is 0.454 e. The molecule has 9 nitrogen and oxygen atoms in total. The van der Waals surface area contributed by atoms with Crippen LogP contribution in [0.15, 0.2) is 27.5 Å². The smallest absolute Gasteiger partial charge is 0.267 e. The number of nitrogens with zero attached hydrogens (tertiary/aromatic N) is 3. The molecule has 0 saturated carbocycles. The quantitative estimate of drug-likeness (QED) is 0.751. The lowest BCUT2D eigenvalue weighted by molar-refractivity contribution is -0.119. The third-order valence-corrected chi connectivity index (χ3v) is 4.53. The van der Waals surface area contributed by atoms with Crippen LogP contribution in [0, 0.1) is 13.8 Å². The number of ether oxygens (including phenoxy) is 2. The summed E-state index contributed by atoms with van der Waals surface area (Å²) >= 11 is 0. The van der Waals surface area contributed by atoms with E-state index in [0.29, 0.717) is 35.1 Å². The van der Waals surface area contributed by atoms with Gasteiger partial charge < -0.3 is 19.3 Å². The first-order chi connectivity index (χ1) is 13.0. The molecule has 2 aromatic heterocycles. The van der Waals surface area contributed by atoms with Gasteiger partial charge in [0.25, 0.3) is 11.3 Å². The molecule has 9 heteroatoms. The molecule has 1 amide bonds. The average Bonchev–Trinajstić information content (AvgIpc) is 3.24. The second-order valence-corrected chi connectivity index (χ2v) is 6.26. The molecule has 0 spiro atoms. The minimum absolute atomic E-state index is 0.155. The molecule has 1 aliphatic heterocycles. The summed E-state index contributed by atoms with van der Waals surface area (Å²) in [7, 11) is 0. The Balaban J connectivity index is 1.69. The zero-order chi connectivity index (χ0) is 19.1. The van der Waals surface area contributed by atoms with Crippen LogP contribution in [0.2, 0.25) is 0 Å². The molecule has 3 heterocycles. The van der Waals surface area contributed by atoms with Crippen LogP contribution in [0.3, 0.4) is 0 Å². The van der Waals surface area contributed by atoms with E-state index in [-0.39, 0.29) is 29.4 Å². The van der Waals surface area contributed by atoms with Crippen molar-refractivity contribution < 1.29 is 18.8 Å². The molecule has 0 fully saturated rings. The van der Waals surface area contributed by atoms with Crippen molar-refractivity contribution in [1.82, 2.24) is 14.7 Å². The van der Waals surface area contributed by atoms with E-state index in [1.807, 2.05) is 6.92 Å². The number of hydrogen-bond donors (Lipinski definition) is 1. The fourth-order valence-corrected chi connectivity index (χ4v) is 3.20. The Morgan fingerprint density at radius 2 is 2.07 bits per heavy atom. The molecule has 0 unspecified atom stereocenters. The highest BCUT2D eigenvalue weighted by molar-refractivity contribution is 5.94. The van der Waals surface area contributed by atoms with Crippen molar-refractivity contribution in [3.63, 3.8) is 0 Å². The first-order valence-electron chi connectivity index (χ1n) is 8.55. The predicted molar refractivity (Wildman–Crippen MR) is 96.1 cm³/mol. The van der Waals surface area contributed by atoms with Crippen molar-refractivity contribution >= 4 is 22.7 Å². The molecule has 1 atom stereocenters. The number of nitrogens with one attached hydrogen (secondary N) is 1. The van der Waals surface area contributed by atoms with E-state index in [9.17, 15) is 9.59 Å². The standard InChI is InChI=1S/C18H18N4O5/c1-4-12(16(23)20-11-5-6-13-14(7-11)26-8-25-13)22-10(3)19-17-15(18(22)24)9(2)21-27-17/h5-7,12H,4,8H2,1-3H3,(H,20,23)/t12-/m0/s1. The summed E-state index contributed by atoms with van der Waals surface area (Å²) in [6.45, 7) is 5.32. The van der Waals surface area contributed by atoms with Gasteiger partial charge in [0.2, 0.25) is 12.7 Å². The van der Waals surface area contributed by atoms with E-state index in [2.05, 4.69) is 15.5 Å². The van der Waals surface area contributed by atoms with E-state index in [1.54, 1.807) is 32.0 Å². The summed E-state index contributed by atoms with van der Waals surface area (Å²) in [6.07, 6.45) is 0.411. The second kappa shape index (κ2) is 6.42. The predicted octanol–water partition coefficient (Wildman–Crippen LogP) is 2.32. The van der Waals surface area contributed by atoms with Gasteiger partial charge in [-0.25, -0.2) is 0 Å². The third kappa shape index (κ3) is 2.80. The lowest BCUT2D eigenvalue weighted by Gasteiger charge is -2.19. The van der Waals surface area contributed by atoms with Crippen LogP contribution in [0.1, 0.15) is 30.9 Å². The van der Waals surface area contributed by atoms with Crippen molar-refractivity contribution in [1.29, 1.82) is 0 Å². The zero-order valence-electron chi connectivity index (χ0n) is 15.1. The van der Waals surface area contributed by atoms with Crippen molar-refractivity contribution in [3.8, 4) is 11.5 Å². The maximum absolute atomic E-state index is 12.9. The molecule has 3 aromatic rings. The van der Waals surface area contributed by atoms with E-state index < -0.39 is 6.04 Å². The second-order valence-electron chi connectivity index (χ2n) is 6.26. The number of benzene rings is 1. The Hall–Kier alpha value is -3.36. The van der Waals surface area contributed by atoms with Gasteiger partial charge in [0, 0.05) is 11.8 Å². The fraction of sp³-hybridized carbons (Fsp3) is 0.333. The molecule has 0 bridgehead atoms. The number of anilines is 1. The van der Waals surface area contributed by atoms with Crippen LogP contribution in [-0.2, 0) is 4.79 Å². The fourth-order valence-electron chi connectivity index (χ4n) is 3.20. The molecule has 0 saturated heterocycles. The monoisotopic (exact) mass is 370 g/mol. The Morgan fingerprint density at radius 1 is 1.30 bits per heavy atom. The molecular weight excluding hydrogens is 352 g/mol. The number of hydrogen-bond acceptors (Lipinski definition) is 7. The van der Waals surface area contributed by atoms with Gasteiger partial charge in [-0.2, -0.15) is 4.98 Å². The molecule has 0 aliphatic carbocycles. The number of carbonyl (C=O) groups excluding carboxylic acids is 1. The van der Waals surface area contributed by atoms with Crippen molar-refractivity contribution in [2.45, 2.75) is 33.2 Å². The van der Waals surface area contributed by atoms with Gasteiger partial charge >= 0.3 is 0 Å². The molecule has 27 heavy (non-hydrogen) atoms. The lowest BCUT2D eigenvalue weighted by atomic mass is 10.1. The maximum atomic E-state index is 12.9. The topological polar surface area (TPSA) is 108 Å². The minimum Gasteiger partial charge on any atom is -0.454 e. The van der Waals surface area contributed by atoms with Gasteiger partial charge in [-0.15, -0.1) is 0 Å². The van der Waals surface area contributed by atoms with Crippen LogP contribution in [0.25, 0.3) is 11.1 Å². The van der Waals surface area contributed by atoms with E-state index in [4.69, 9.17) is 14.0 Å². The molecule has 140 valence electrons. The molecule has 4 rings (SSSR count). The van der Waals surface area contributed by atoms with Gasteiger partial charge in [-0.05, 0) is 32.4 Å². The Bertz CT molecular complexity index is 1100. The molecular formula is C18H18N4O5. The van der Waals surface area contributed by atoms with Crippen molar-refractivity contribution in [2.24, 2.45) is 0 Å². The van der Waals surface area contributed by atoms with E-state index >= 15 is 0 Å². The number of rotatable bonds is 4. The highest BCUT2D eigenvalue weighted by Crippen LogP contribution is 2.34. The summed E-state index contributed by atoms with van der Waals surface area (Å²) in [4.78, 5) is 30.1. The highest BCUT2D eigenvalue weighted by atomic mass is 16.7. The number of aryl methyl sites for hydroxylation is 2. The number of amides is 1. The third-order valence-electron chi connectivity index (χ3n) is 4.53. The van der Waals surface area contributed by atoms with Crippen LogP contribution in [0.4, 0.5) is 5.69 Å². The number of fused-ring (bicyclic) bond motifs is 2.